The van der Waals surface area contributed by atoms with E-state index in [4.69, 9.17) is 0 Å². The van der Waals surface area contributed by atoms with Crippen molar-refractivity contribution >= 4 is 0 Å². The van der Waals surface area contributed by atoms with Gasteiger partial charge in [-0.05, 0) is 30.8 Å². The van der Waals surface area contributed by atoms with Crippen LogP contribution in [0.3, 0.4) is 0 Å². The first-order valence-corrected chi connectivity index (χ1v) is 5.14. The Hall–Kier alpha value is -1.68. The standard InChI is InChI=1S/C12H14FN3/c1-14-8-9-3-4-10(11(13)7-9)12-5-6-15-16(12)2/h3-7,14H,8H2,1-2H3. The van der Waals surface area contributed by atoms with Crippen LogP contribution in [0.2, 0.25) is 0 Å². The Balaban J connectivity index is 2.40. The fourth-order valence-electron chi connectivity index (χ4n) is 1.72. The first-order chi connectivity index (χ1) is 7.72. The minimum Gasteiger partial charge on any atom is -0.316 e. The zero-order chi connectivity index (χ0) is 11.5. The highest BCUT2D eigenvalue weighted by Crippen LogP contribution is 2.22. The second-order valence-corrected chi connectivity index (χ2v) is 3.68. The second kappa shape index (κ2) is 4.45. The van der Waals surface area contributed by atoms with Crippen molar-refractivity contribution in [3.8, 4) is 11.3 Å². The molecule has 3 nitrogen and oxygen atoms in total. The van der Waals surface area contributed by atoms with E-state index in [0.717, 1.165) is 11.3 Å². The van der Waals surface area contributed by atoms with E-state index in [2.05, 4.69) is 10.4 Å². The predicted molar refractivity (Wildman–Crippen MR) is 61.4 cm³/mol. The molecule has 0 unspecified atom stereocenters. The molecule has 0 radical (unpaired) electrons. The Morgan fingerprint density at radius 1 is 1.38 bits per heavy atom. The molecule has 0 fully saturated rings. The van der Waals surface area contributed by atoms with Crippen molar-refractivity contribution in [2.24, 2.45) is 7.05 Å². The van der Waals surface area contributed by atoms with Crippen molar-refractivity contribution in [3.63, 3.8) is 0 Å². The van der Waals surface area contributed by atoms with E-state index in [1.54, 1.807) is 36.1 Å². The molecule has 0 aliphatic heterocycles. The summed E-state index contributed by atoms with van der Waals surface area (Å²) in [5.74, 6) is -0.212. The van der Waals surface area contributed by atoms with Crippen LogP contribution < -0.4 is 5.32 Å². The van der Waals surface area contributed by atoms with E-state index in [1.807, 2.05) is 13.1 Å². The van der Waals surface area contributed by atoms with Gasteiger partial charge in [0.05, 0.1) is 5.69 Å². The van der Waals surface area contributed by atoms with Crippen molar-refractivity contribution in [1.29, 1.82) is 0 Å². The summed E-state index contributed by atoms with van der Waals surface area (Å²) in [6.07, 6.45) is 1.66. The Morgan fingerprint density at radius 2 is 2.19 bits per heavy atom. The molecule has 0 amide bonds. The SMILES string of the molecule is CNCc1ccc(-c2ccnn2C)c(F)c1. The van der Waals surface area contributed by atoms with Crippen LogP contribution in [0.15, 0.2) is 30.5 Å². The van der Waals surface area contributed by atoms with Crippen LogP contribution in [0.1, 0.15) is 5.56 Å². The van der Waals surface area contributed by atoms with Crippen molar-refractivity contribution in [3.05, 3.63) is 41.8 Å². The largest absolute Gasteiger partial charge is 0.316 e. The van der Waals surface area contributed by atoms with Crippen LogP contribution in [0.5, 0.6) is 0 Å². The normalized spacial score (nSPS) is 10.7. The summed E-state index contributed by atoms with van der Waals surface area (Å²) in [5.41, 5.74) is 2.30. The molecule has 0 aliphatic carbocycles. The van der Waals surface area contributed by atoms with Crippen LogP contribution >= 0.6 is 0 Å². The Labute approximate surface area is 93.9 Å². The molecule has 2 aromatic rings. The van der Waals surface area contributed by atoms with Crippen LogP contribution in [-0.2, 0) is 13.6 Å². The maximum absolute atomic E-state index is 13.8. The van der Waals surface area contributed by atoms with Gasteiger partial charge in [-0.1, -0.05) is 6.07 Å². The number of nitrogens with one attached hydrogen (secondary N) is 1. The van der Waals surface area contributed by atoms with Gasteiger partial charge in [0, 0.05) is 25.4 Å². The van der Waals surface area contributed by atoms with E-state index in [0.29, 0.717) is 12.1 Å². The smallest absolute Gasteiger partial charge is 0.132 e. The van der Waals surface area contributed by atoms with E-state index < -0.39 is 0 Å². The number of rotatable bonds is 3. The molecular weight excluding hydrogens is 205 g/mol. The van der Waals surface area contributed by atoms with Gasteiger partial charge in [-0.15, -0.1) is 0 Å². The lowest BCUT2D eigenvalue weighted by Gasteiger charge is -2.06. The van der Waals surface area contributed by atoms with Gasteiger partial charge in [0.1, 0.15) is 5.82 Å². The molecule has 1 N–H and O–H groups in total. The van der Waals surface area contributed by atoms with Gasteiger partial charge >= 0.3 is 0 Å². The molecule has 1 heterocycles. The van der Waals surface area contributed by atoms with Gasteiger partial charge in [0.2, 0.25) is 0 Å². The molecule has 4 heteroatoms. The number of hydrogen-bond donors (Lipinski definition) is 1. The van der Waals surface area contributed by atoms with E-state index >= 15 is 0 Å². The van der Waals surface area contributed by atoms with Gasteiger partial charge in [-0.3, -0.25) is 4.68 Å². The fraction of sp³-hybridized carbons (Fsp3) is 0.250. The van der Waals surface area contributed by atoms with Crippen molar-refractivity contribution < 1.29 is 4.39 Å². The summed E-state index contributed by atoms with van der Waals surface area (Å²) < 4.78 is 15.5. The Bertz CT molecular complexity index is 491. The highest BCUT2D eigenvalue weighted by Gasteiger charge is 2.08. The third-order valence-electron chi connectivity index (χ3n) is 2.51. The minimum atomic E-state index is -0.212. The fourth-order valence-corrected chi connectivity index (χ4v) is 1.72. The maximum Gasteiger partial charge on any atom is 0.132 e. The monoisotopic (exact) mass is 219 g/mol. The number of aromatic nitrogens is 2. The van der Waals surface area contributed by atoms with Crippen molar-refractivity contribution in [2.45, 2.75) is 6.54 Å². The average molecular weight is 219 g/mol. The molecule has 1 aromatic heterocycles. The first kappa shape index (κ1) is 10.8. The molecule has 16 heavy (non-hydrogen) atoms. The average Bonchev–Trinajstić information content (AvgIpc) is 2.65. The second-order valence-electron chi connectivity index (χ2n) is 3.68. The van der Waals surface area contributed by atoms with Crippen LogP contribution in [0.25, 0.3) is 11.3 Å². The zero-order valence-electron chi connectivity index (χ0n) is 9.37. The topological polar surface area (TPSA) is 29.9 Å². The van der Waals surface area contributed by atoms with E-state index in [1.165, 1.54) is 0 Å². The van der Waals surface area contributed by atoms with Crippen molar-refractivity contribution in [1.82, 2.24) is 15.1 Å². The molecule has 1 aromatic carbocycles. The summed E-state index contributed by atoms with van der Waals surface area (Å²) in [6, 6.07) is 7.07. The van der Waals surface area contributed by atoms with Gasteiger partial charge in [0.15, 0.2) is 0 Å². The first-order valence-electron chi connectivity index (χ1n) is 5.14. The number of hydrogen-bond acceptors (Lipinski definition) is 2. The lowest BCUT2D eigenvalue weighted by Crippen LogP contribution is -2.05. The van der Waals surface area contributed by atoms with Crippen LogP contribution in [-0.4, -0.2) is 16.8 Å². The maximum atomic E-state index is 13.8. The third kappa shape index (κ3) is 1.97. The molecule has 0 atom stereocenters. The molecule has 0 spiro atoms. The molecule has 2 rings (SSSR count). The Morgan fingerprint density at radius 3 is 2.75 bits per heavy atom. The molecule has 0 saturated heterocycles. The Kier molecular flexibility index (Phi) is 3.01. The lowest BCUT2D eigenvalue weighted by atomic mass is 10.1. The van der Waals surface area contributed by atoms with Crippen LogP contribution in [0, 0.1) is 5.82 Å². The molecule has 0 saturated carbocycles. The number of aryl methyl sites for hydroxylation is 1. The minimum absolute atomic E-state index is 0.212. The van der Waals surface area contributed by atoms with E-state index in [-0.39, 0.29) is 5.82 Å². The number of benzene rings is 1. The number of halogens is 1. The summed E-state index contributed by atoms with van der Waals surface area (Å²) in [5, 5.41) is 7.02. The van der Waals surface area contributed by atoms with Gasteiger partial charge < -0.3 is 5.32 Å². The highest BCUT2D eigenvalue weighted by atomic mass is 19.1. The molecular formula is C12H14FN3. The predicted octanol–water partition coefficient (Wildman–Crippen LogP) is 1.95. The quantitative estimate of drug-likeness (QED) is 0.855. The lowest BCUT2D eigenvalue weighted by molar-refractivity contribution is 0.624. The van der Waals surface area contributed by atoms with Gasteiger partial charge in [-0.25, -0.2) is 4.39 Å². The summed E-state index contributed by atoms with van der Waals surface area (Å²) in [7, 11) is 3.64. The summed E-state index contributed by atoms with van der Waals surface area (Å²) in [6.45, 7) is 0.669. The summed E-state index contributed by atoms with van der Waals surface area (Å²) >= 11 is 0. The van der Waals surface area contributed by atoms with Gasteiger partial charge in [0.25, 0.3) is 0 Å². The molecule has 0 aliphatic rings. The molecule has 0 bridgehead atoms. The summed E-state index contributed by atoms with van der Waals surface area (Å²) in [4.78, 5) is 0. The van der Waals surface area contributed by atoms with Crippen LogP contribution in [0.4, 0.5) is 4.39 Å². The van der Waals surface area contributed by atoms with Gasteiger partial charge in [-0.2, -0.15) is 5.10 Å². The van der Waals surface area contributed by atoms with Crippen molar-refractivity contribution in [2.75, 3.05) is 7.05 Å². The third-order valence-corrected chi connectivity index (χ3v) is 2.51. The molecule has 84 valence electrons. The number of nitrogens with zero attached hydrogens (tertiary/aromatic N) is 2. The highest BCUT2D eigenvalue weighted by molar-refractivity contribution is 5.60. The van der Waals surface area contributed by atoms with E-state index in [9.17, 15) is 4.39 Å². The zero-order valence-corrected chi connectivity index (χ0v) is 9.37.